The third kappa shape index (κ3) is 4.33. The van der Waals surface area contributed by atoms with Gasteiger partial charge in [0.1, 0.15) is 0 Å². The lowest BCUT2D eigenvalue weighted by Gasteiger charge is -2.01. The van der Waals surface area contributed by atoms with E-state index in [1.165, 1.54) is 0 Å². The Morgan fingerprint density at radius 2 is 0.750 bits per heavy atom. The van der Waals surface area contributed by atoms with Crippen LogP contribution in [0.1, 0.15) is 44.5 Å². The van der Waals surface area contributed by atoms with Crippen LogP contribution in [0.4, 0.5) is 0 Å². The second-order valence-corrected chi connectivity index (χ2v) is 7.22. The van der Waals surface area contributed by atoms with Crippen LogP contribution >= 0.6 is 0 Å². The molecule has 0 nitrogen and oxygen atoms in total. The second-order valence-electron chi connectivity index (χ2n) is 7.22. The van der Waals surface area contributed by atoms with Crippen LogP contribution in [0, 0.1) is 47.4 Å². The number of rotatable bonds is 0. The van der Waals surface area contributed by atoms with Gasteiger partial charge in [-0.05, 0) is 54.6 Å². The minimum atomic E-state index is 0.859. The first-order valence-electron chi connectivity index (χ1n) is 10.3. The van der Waals surface area contributed by atoms with E-state index in [1.807, 2.05) is 97.1 Å². The van der Waals surface area contributed by atoms with Gasteiger partial charge in [0.05, 0.1) is 0 Å². The lowest BCUT2D eigenvalue weighted by Crippen LogP contribution is -1.90. The summed E-state index contributed by atoms with van der Waals surface area (Å²) in [6, 6.07) is 31.9. The number of hydrogen-bond donors (Lipinski definition) is 0. The van der Waals surface area contributed by atoms with Gasteiger partial charge < -0.3 is 0 Å². The summed E-state index contributed by atoms with van der Waals surface area (Å²) in [7, 11) is 0. The third-order valence-corrected chi connectivity index (χ3v) is 4.99. The topological polar surface area (TPSA) is 0 Å². The van der Waals surface area contributed by atoms with E-state index in [0.29, 0.717) is 0 Å². The maximum absolute atomic E-state index is 3.31. The Bertz CT molecular complexity index is 1570. The van der Waals surface area contributed by atoms with E-state index < -0.39 is 0 Å². The van der Waals surface area contributed by atoms with Crippen LogP contribution in [0.2, 0.25) is 0 Å². The molecule has 0 spiro atoms. The van der Waals surface area contributed by atoms with Gasteiger partial charge >= 0.3 is 0 Å². The highest BCUT2D eigenvalue weighted by Gasteiger charge is 2.03. The lowest BCUT2D eigenvalue weighted by atomic mass is 10.0. The zero-order valence-electron chi connectivity index (χ0n) is 17.2. The Balaban J connectivity index is 1.67. The maximum Gasteiger partial charge on any atom is 0.0418 e. The highest BCUT2D eigenvalue weighted by atomic mass is 14.0. The van der Waals surface area contributed by atoms with Crippen molar-refractivity contribution in [2.45, 2.75) is 0 Å². The zero-order valence-corrected chi connectivity index (χ0v) is 17.2. The number of fused-ring (bicyclic) bond motifs is 3. The Hall–Kier alpha value is -4.88. The van der Waals surface area contributed by atoms with Gasteiger partial charge in [-0.1, -0.05) is 89.8 Å². The molecule has 4 aromatic rings. The molecule has 0 radical (unpaired) electrons. The fraction of sp³-hybridized carbons (Fsp3) is 0. The molecule has 0 aliphatic heterocycles. The van der Waals surface area contributed by atoms with Crippen molar-refractivity contribution >= 4 is 0 Å². The van der Waals surface area contributed by atoms with Crippen LogP contribution in [-0.4, -0.2) is 0 Å². The van der Waals surface area contributed by atoms with Gasteiger partial charge in [0.25, 0.3) is 0 Å². The summed E-state index contributed by atoms with van der Waals surface area (Å²) in [6.45, 7) is 0. The van der Waals surface area contributed by atoms with Crippen molar-refractivity contribution < 1.29 is 0 Å². The molecule has 0 aromatic heterocycles. The van der Waals surface area contributed by atoms with E-state index in [1.54, 1.807) is 0 Å². The summed E-state index contributed by atoms with van der Waals surface area (Å²) >= 11 is 0. The molecule has 0 saturated heterocycles. The van der Waals surface area contributed by atoms with Crippen LogP contribution in [0.25, 0.3) is 0 Å². The Kier molecular flexibility index (Phi) is 5.29. The Morgan fingerprint density at radius 1 is 0.344 bits per heavy atom. The molecule has 4 aromatic carbocycles. The van der Waals surface area contributed by atoms with Crippen molar-refractivity contribution in [2.24, 2.45) is 0 Å². The zero-order chi connectivity index (χ0) is 21.6. The predicted octanol–water partition coefficient (Wildman–Crippen LogP) is 5.60. The highest BCUT2D eigenvalue weighted by Crippen LogP contribution is 2.14. The molecule has 0 saturated carbocycles. The van der Waals surface area contributed by atoms with E-state index in [4.69, 9.17) is 0 Å². The summed E-state index contributed by atoms with van der Waals surface area (Å²) in [5, 5.41) is 0. The minimum absolute atomic E-state index is 0.859. The maximum atomic E-state index is 3.31. The largest absolute Gasteiger partial charge is 0.0622 e. The van der Waals surface area contributed by atoms with Crippen LogP contribution in [0.5, 0.6) is 0 Å². The standard InChI is InChI=1S/C32H16/c1-2-8-25(9-3-1)14-15-26-16-17-31-21-20-29-12-5-4-10-27(29)18-19-28-11-6-7-13-30(28)22-23-32(31)24-26/h1-13,16-17,24H. The van der Waals surface area contributed by atoms with Gasteiger partial charge in [-0.2, -0.15) is 0 Å². The van der Waals surface area contributed by atoms with Crippen molar-refractivity contribution in [1.29, 1.82) is 0 Å². The summed E-state index contributed by atoms with van der Waals surface area (Å²) in [5.74, 6) is 26.2. The SMILES string of the molecule is C(#Cc1ccc2c(c1)C#Cc1ccccc1C#Cc1ccccc1C#C2)c1ccccc1. The van der Waals surface area contributed by atoms with Gasteiger partial charge in [-0.15, -0.1) is 0 Å². The van der Waals surface area contributed by atoms with Crippen LogP contribution < -0.4 is 0 Å². The van der Waals surface area contributed by atoms with Gasteiger partial charge in [-0.25, -0.2) is 0 Å². The molecule has 5 rings (SSSR count). The van der Waals surface area contributed by atoms with Crippen LogP contribution in [-0.2, 0) is 0 Å². The second kappa shape index (κ2) is 8.86. The molecule has 32 heavy (non-hydrogen) atoms. The molecule has 0 atom stereocenters. The van der Waals surface area contributed by atoms with E-state index in [2.05, 4.69) is 47.4 Å². The molecule has 0 unspecified atom stereocenters. The van der Waals surface area contributed by atoms with Gasteiger partial charge in [0.15, 0.2) is 0 Å². The Morgan fingerprint density at radius 3 is 1.28 bits per heavy atom. The van der Waals surface area contributed by atoms with Crippen molar-refractivity contribution in [1.82, 2.24) is 0 Å². The highest BCUT2D eigenvalue weighted by molar-refractivity contribution is 5.62. The lowest BCUT2D eigenvalue weighted by molar-refractivity contribution is 1.53. The van der Waals surface area contributed by atoms with Gasteiger partial charge in [-0.3, -0.25) is 0 Å². The van der Waals surface area contributed by atoms with E-state index in [9.17, 15) is 0 Å². The first-order chi connectivity index (χ1) is 15.8. The monoisotopic (exact) mass is 400 g/mol. The van der Waals surface area contributed by atoms with Crippen LogP contribution in [0.3, 0.4) is 0 Å². The summed E-state index contributed by atoms with van der Waals surface area (Å²) in [6.07, 6.45) is 0. The molecule has 0 bridgehead atoms. The fourth-order valence-electron chi connectivity index (χ4n) is 3.31. The molecular formula is C32H16. The smallest absolute Gasteiger partial charge is 0.0418 e. The summed E-state index contributed by atoms with van der Waals surface area (Å²) in [5.41, 5.74) is 7.25. The first kappa shape index (κ1) is 19.1. The summed E-state index contributed by atoms with van der Waals surface area (Å²) < 4.78 is 0. The third-order valence-electron chi connectivity index (χ3n) is 4.99. The molecule has 0 amide bonds. The molecule has 1 aliphatic carbocycles. The van der Waals surface area contributed by atoms with Crippen molar-refractivity contribution in [3.8, 4) is 47.4 Å². The predicted molar refractivity (Wildman–Crippen MR) is 130 cm³/mol. The molecule has 0 heterocycles. The Labute approximate surface area is 189 Å². The van der Waals surface area contributed by atoms with E-state index >= 15 is 0 Å². The average molecular weight is 400 g/mol. The number of benzene rings is 4. The quantitative estimate of drug-likeness (QED) is 0.297. The molecule has 1 aliphatic rings. The molecule has 0 N–H and O–H groups in total. The van der Waals surface area contributed by atoms with Crippen LogP contribution in [0.15, 0.2) is 97.1 Å². The summed E-state index contributed by atoms with van der Waals surface area (Å²) in [4.78, 5) is 0. The van der Waals surface area contributed by atoms with Crippen molar-refractivity contribution in [3.05, 3.63) is 142 Å². The number of hydrogen-bond acceptors (Lipinski definition) is 0. The van der Waals surface area contributed by atoms with E-state index in [0.717, 1.165) is 44.5 Å². The van der Waals surface area contributed by atoms with Crippen molar-refractivity contribution in [3.63, 3.8) is 0 Å². The molecular weight excluding hydrogens is 384 g/mol. The minimum Gasteiger partial charge on any atom is -0.0622 e. The van der Waals surface area contributed by atoms with Crippen molar-refractivity contribution in [2.75, 3.05) is 0 Å². The fourth-order valence-corrected chi connectivity index (χ4v) is 3.31. The molecule has 0 heteroatoms. The normalized spacial score (nSPS) is 10.2. The van der Waals surface area contributed by atoms with E-state index in [-0.39, 0.29) is 0 Å². The molecule has 0 fully saturated rings. The average Bonchev–Trinajstić information content (AvgIpc) is 2.85. The van der Waals surface area contributed by atoms with Gasteiger partial charge in [0.2, 0.25) is 0 Å². The molecule has 144 valence electrons. The first-order valence-corrected chi connectivity index (χ1v) is 10.3. The van der Waals surface area contributed by atoms with Gasteiger partial charge in [0, 0.05) is 44.5 Å².